The van der Waals surface area contributed by atoms with Crippen LogP contribution < -0.4 is 11.5 Å². The van der Waals surface area contributed by atoms with Gasteiger partial charge in [0.05, 0.1) is 10.7 Å². The third kappa shape index (κ3) is 3.52. The zero-order valence-corrected chi connectivity index (χ0v) is 10.7. The highest BCUT2D eigenvalue weighted by atomic mass is 79.9. The first-order valence-corrected chi connectivity index (χ1v) is 5.39. The van der Waals surface area contributed by atoms with Crippen molar-refractivity contribution in [2.24, 2.45) is 21.7 Å². The molecule has 15 heavy (non-hydrogen) atoms. The number of nitrogens with two attached hydrogens (primary N) is 2. The molecule has 0 saturated carbocycles. The summed E-state index contributed by atoms with van der Waals surface area (Å²) < 4.78 is 1.36. The first-order chi connectivity index (χ1) is 7.00. The number of halogens is 2. The lowest BCUT2D eigenvalue weighted by molar-refractivity contribution is 0.471. The van der Waals surface area contributed by atoms with Crippen LogP contribution in [0.2, 0.25) is 0 Å². The number of guanidine groups is 1. The molecule has 0 aliphatic rings. The van der Waals surface area contributed by atoms with E-state index >= 15 is 0 Å². The summed E-state index contributed by atoms with van der Waals surface area (Å²) in [7, 11) is 0. The van der Waals surface area contributed by atoms with E-state index in [1.165, 1.54) is 12.3 Å². The SMILES string of the molecule is NC(N)=NN=Cc1cc(O)c(Br)cc1Br. The fourth-order valence-electron chi connectivity index (χ4n) is 0.810. The summed E-state index contributed by atoms with van der Waals surface area (Å²) in [5, 5.41) is 16.5. The Balaban J connectivity index is 3.01. The molecular formula is C8H8Br2N4O. The van der Waals surface area contributed by atoms with Gasteiger partial charge in [0.25, 0.3) is 0 Å². The van der Waals surface area contributed by atoms with Gasteiger partial charge in [0.1, 0.15) is 5.75 Å². The Kier molecular flexibility index (Phi) is 4.10. The van der Waals surface area contributed by atoms with Crippen LogP contribution in [-0.2, 0) is 0 Å². The molecule has 7 heteroatoms. The Labute approximate surface area is 103 Å². The number of rotatable bonds is 2. The van der Waals surface area contributed by atoms with Gasteiger partial charge in [-0.15, -0.1) is 5.10 Å². The first kappa shape index (κ1) is 12.0. The maximum atomic E-state index is 9.42. The zero-order chi connectivity index (χ0) is 11.4. The molecule has 5 nitrogen and oxygen atoms in total. The summed E-state index contributed by atoms with van der Waals surface area (Å²) in [6.45, 7) is 0. The summed E-state index contributed by atoms with van der Waals surface area (Å²) in [5.41, 5.74) is 10.9. The van der Waals surface area contributed by atoms with Gasteiger partial charge in [-0.1, -0.05) is 15.9 Å². The number of aromatic hydroxyl groups is 1. The largest absolute Gasteiger partial charge is 0.507 e. The molecule has 0 atom stereocenters. The topological polar surface area (TPSA) is 97.0 Å². The summed E-state index contributed by atoms with van der Waals surface area (Å²) in [6, 6.07) is 3.23. The van der Waals surface area contributed by atoms with E-state index in [0.29, 0.717) is 10.0 Å². The van der Waals surface area contributed by atoms with Crippen LogP contribution >= 0.6 is 31.9 Å². The molecule has 0 aromatic heterocycles. The highest BCUT2D eigenvalue weighted by Crippen LogP contribution is 2.29. The average molecular weight is 336 g/mol. The highest BCUT2D eigenvalue weighted by Gasteiger charge is 2.03. The third-order valence-corrected chi connectivity index (χ3v) is 2.76. The quantitative estimate of drug-likeness (QED) is 0.434. The van der Waals surface area contributed by atoms with E-state index in [-0.39, 0.29) is 11.7 Å². The van der Waals surface area contributed by atoms with E-state index in [0.717, 1.165) is 4.47 Å². The molecule has 0 saturated heterocycles. The van der Waals surface area contributed by atoms with Crippen LogP contribution in [-0.4, -0.2) is 17.3 Å². The Morgan fingerprint density at radius 1 is 1.27 bits per heavy atom. The van der Waals surface area contributed by atoms with E-state index in [1.807, 2.05) is 0 Å². The minimum Gasteiger partial charge on any atom is -0.507 e. The van der Waals surface area contributed by atoms with Crippen LogP contribution in [0.15, 0.2) is 31.3 Å². The van der Waals surface area contributed by atoms with E-state index < -0.39 is 0 Å². The predicted molar refractivity (Wildman–Crippen MR) is 66.9 cm³/mol. The number of hydrogen-bond donors (Lipinski definition) is 3. The van der Waals surface area contributed by atoms with Crippen molar-refractivity contribution in [2.75, 3.05) is 0 Å². The monoisotopic (exact) mass is 334 g/mol. The fraction of sp³-hybridized carbons (Fsp3) is 0. The number of phenols is 1. The molecule has 0 fully saturated rings. The Hall–Kier alpha value is -1.08. The molecule has 0 unspecified atom stereocenters. The maximum absolute atomic E-state index is 9.42. The van der Waals surface area contributed by atoms with Crippen LogP contribution in [0.3, 0.4) is 0 Å². The van der Waals surface area contributed by atoms with Crippen molar-refractivity contribution < 1.29 is 5.11 Å². The van der Waals surface area contributed by atoms with Crippen molar-refractivity contribution in [3.05, 3.63) is 26.6 Å². The van der Waals surface area contributed by atoms with Crippen LogP contribution in [0, 0.1) is 0 Å². The zero-order valence-electron chi connectivity index (χ0n) is 7.48. The number of benzene rings is 1. The second kappa shape index (κ2) is 5.13. The van der Waals surface area contributed by atoms with Crippen molar-refractivity contribution >= 4 is 44.0 Å². The molecule has 1 rings (SSSR count). The molecule has 0 bridgehead atoms. The lowest BCUT2D eigenvalue weighted by Gasteiger charge is -2.01. The van der Waals surface area contributed by atoms with Gasteiger partial charge in [-0.05, 0) is 28.1 Å². The minimum absolute atomic E-state index is 0.115. The molecule has 0 aliphatic carbocycles. The normalized spacial score (nSPS) is 10.5. The van der Waals surface area contributed by atoms with Crippen molar-refractivity contribution in [3.63, 3.8) is 0 Å². The molecule has 5 N–H and O–H groups in total. The fourth-order valence-corrected chi connectivity index (χ4v) is 1.91. The summed E-state index contributed by atoms with van der Waals surface area (Å²) in [6.07, 6.45) is 1.43. The van der Waals surface area contributed by atoms with Gasteiger partial charge >= 0.3 is 0 Å². The van der Waals surface area contributed by atoms with Crippen molar-refractivity contribution in [1.29, 1.82) is 0 Å². The molecular weight excluding hydrogens is 328 g/mol. The van der Waals surface area contributed by atoms with E-state index in [4.69, 9.17) is 11.5 Å². The molecule has 80 valence electrons. The molecule has 0 radical (unpaired) electrons. The number of hydrogen-bond acceptors (Lipinski definition) is 3. The van der Waals surface area contributed by atoms with Gasteiger partial charge in [-0.2, -0.15) is 5.10 Å². The van der Waals surface area contributed by atoms with E-state index in [1.54, 1.807) is 6.07 Å². The standard InChI is InChI=1S/C8H8Br2N4O/c9-5-2-6(10)7(15)1-4(5)3-13-14-8(11)12/h1-3,15H,(H4,11,12,14). The highest BCUT2D eigenvalue weighted by molar-refractivity contribution is 9.11. The van der Waals surface area contributed by atoms with Gasteiger partial charge in [-0.25, -0.2) is 0 Å². The predicted octanol–water partition coefficient (Wildman–Crippen LogP) is 1.52. The summed E-state index contributed by atoms with van der Waals surface area (Å²) >= 11 is 6.48. The van der Waals surface area contributed by atoms with Gasteiger partial charge in [0, 0.05) is 10.0 Å². The lowest BCUT2D eigenvalue weighted by atomic mass is 10.2. The number of nitrogens with zero attached hydrogens (tertiary/aromatic N) is 2. The smallest absolute Gasteiger partial charge is 0.211 e. The van der Waals surface area contributed by atoms with Crippen LogP contribution in [0.25, 0.3) is 0 Å². The molecule has 1 aromatic carbocycles. The van der Waals surface area contributed by atoms with Crippen molar-refractivity contribution in [3.8, 4) is 5.75 Å². The third-order valence-electron chi connectivity index (χ3n) is 1.44. The minimum atomic E-state index is -0.122. The lowest BCUT2D eigenvalue weighted by Crippen LogP contribution is -2.21. The summed E-state index contributed by atoms with van der Waals surface area (Å²) in [4.78, 5) is 0. The molecule has 0 spiro atoms. The molecule has 0 heterocycles. The van der Waals surface area contributed by atoms with Crippen molar-refractivity contribution in [1.82, 2.24) is 0 Å². The Morgan fingerprint density at radius 2 is 1.93 bits per heavy atom. The molecule has 1 aromatic rings. The second-order valence-corrected chi connectivity index (χ2v) is 4.30. The maximum Gasteiger partial charge on any atom is 0.211 e. The second-order valence-electron chi connectivity index (χ2n) is 2.59. The van der Waals surface area contributed by atoms with Gasteiger partial charge < -0.3 is 16.6 Å². The first-order valence-electron chi connectivity index (χ1n) is 3.80. The van der Waals surface area contributed by atoms with Gasteiger partial charge in [-0.3, -0.25) is 0 Å². The van der Waals surface area contributed by atoms with Crippen LogP contribution in [0.1, 0.15) is 5.56 Å². The van der Waals surface area contributed by atoms with Gasteiger partial charge in [0.15, 0.2) is 0 Å². The Morgan fingerprint density at radius 3 is 2.53 bits per heavy atom. The van der Waals surface area contributed by atoms with Crippen LogP contribution in [0.5, 0.6) is 5.75 Å². The van der Waals surface area contributed by atoms with E-state index in [2.05, 4.69) is 42.1 Å². The Bertz CT molecular complexity index is 427. The van der Waals surface area contributed by atoms with Gasteiger partial charge in [0.2, 0.25) is 5.96 Å². The average Bonchev–Trinajstić information content (AvgIpc) is 2.13. The van der Waals surface area contributed by atoms with E-state index in [9.17, 15) is 5.11 Å². The van der Waals surface area contributed by atoms with Crippen molar-refractivity contribution in [2.45, 2.75) is 0 Å². The van der Waals surface area contributed by atoms with Crippen LogP contribution in [0.4, 0.5) is 0 Å². The molecule has 0 aliphatic heterocycles. The summed E-state index contributed by atoms with van der Waals surface area (Å²) in [5.74, 6) is -0.00643. The molecule has 0 amide bonds. The number of phenolic OH excluding ortho intramolecular Hbond substituents is 1.